The summed E-state index contributed by atoms with van der Waals surface area (Å²) < 4.78 is 0. The highest BCUT2D eigenvalue weighted by atomic mass is 32.2. The monoisotopic (exact) mass is 292 g/mol. The normalized spacial score (nSPS) is 17.4. The SMILES string of the molecule is CC(C)NCCc1ccccc1CN1CCCSCC1. The van der Waals surface area contributed by atoms with E-state index in [-0.39, 0.29) is 0 Å². The number of benzene rings is 1. The van der Waals surface area contributed by atoms with Gasteiger partial charge in [-0.25, -0.2) is 0 Å². The molecule has 2 nitrogen and oxygen atoms in total. The lowest BCUT2D eigenvalue weighted by atomic mass is 10.0. The van der Waals surface area contributed by atoms with Crippen LogP contribution in [0.2, 0.25) is 0 Å². The predicted molar refractivity (Wildman–Crippen MR) is 90.5 cm³/mol. The summed E-state index contributed by atoms with van der Waals surface area (Å²) in [7, 11) is 0. The van der Waals surface area contributed by atoms with Crippen LogP contribution in [0.5, 0.6) is 0 Å². The van der Waals surface area contributed by atoms with Gasteiger partial charge >= 0.3 is 0 Å². The van der Waals surface area contributed by atoms with Gasteiger partial charge in [0.15, 0.2) is 0 Å². The van der Waals surface area contributed by atoms with Gasteiger partial charge in [-0.15, -0.1) is 0 Å². The summed E-state index contributed by atoms with van der Waals surface area (Å²) >= 11 is 2.10. The Morgan fingerprint density at radius 3 is 2.75 bits per heavy atom. The average molecular weight is 292 g/mol. The second kappa shape index (κ2) is 8.71. The van der Waals surface area contributed by atoms with Gasteiger partial charge < -0.3 is 5.32 Å². The van der Waals surface area contributed by atoms with Gasteiger partial charge in [0.05, 0.1) is 0 Å². The van der Waals surface area contributed by atoms with Crippen molar-refractivity contribution in [3.05, 3.63) is 35.4 Å². The molecule has 1 saturated heterocycles. The summed E-state index contributed by atoms with van der Waals surface area (Å²) in [5, 5.41) is 3.52. The molecule has 0 aliphatic carbocycles. The molecule has 0 atom stereocenters. The molecule has 3 heteroatoms. The Morgan fingerprint density at radius 2 is 1.95 bits per heavy atom. The minimum absolute atomic E-state index is 0.574. The highest BCUT2D eigenvalue weighted by Gasteiger charge is 2.11. The van der Waals surface area contributed by atoms with E-state index in [1.54, 1.807) is 0 Å². The molecule has 1 heterocycles. The Labute approximate surface area is 128 Å². The number of thioether (sulfide) groups is 1. The van der Waals surface area contributed by atoms with E-state index >= 15 is 0 Å². The third-order valence-corrected chi connectivity index (χ3v) is 4.82. The van der Waals surface area contributed by atoms with Crippen LogP contribution in [0.3, 0.4) is 0 Å². The summed E-state index contributed by atoms with van der Waals surface area (Å²) in [4.78, 5) is 2.62. The van der Waals surface area contributed by atoms with Crippen molar-refractivity contribution in [3.8, 4) is 0 Å². The van der Waals surface area contributed by atoms with E-state index in [4.69, 9.17) is 0 Å². The zero-order valence-electron chi connectivity index (χ0n) is 12.9. The molecule has 0 amide bonds. The third-order valence-electron chi connectivity index (χ3n) is 3.77. The Bertz CT molecular complexity index is 384. The molecular weight excluding hydrogens is 264 g/mol. The molecule has 2 rings (SSSR count). The molecule has 1 aromatic carbocycles. The van der Waals surface area contributed by atoms with Crippen LogP contribution < -0.4 is 5.32 Å². The summed E-state index contributed by atoms with van der Waals surface area (Å²) in [6.07, 6.45) is 2.47. The van der Waals surface area contributed by atoms with Crippen LogP contribution in [0.15, 0.2) is 24.3 Å². The Balaban J connectivity index is 1.92. The molecule has 0 unspecified atom stereocenters. The number of rotatable bonds is 6. The fraction of sp³-hybridized carbons (Fsp3) is 0.647. The van der Waals surface area contributed by atoms with Crippen molar-refractivity contribution in [1.29, 1.82) is 0 Å². The average Bonchev–Trinajstić information content (AvgIpc) is 2.69. The van der Waals surface area contributed by atoms with E-state index in [1.807, 2.05) is 0 Å². The summed E-state index contributed by atoms with van der Waals surface area (Å²) in [6.45, 7) is 9.11. The number of hydrogen-bond donors (Lipinski definition) is 1. The van der Waals surface area contributed by atoms with E-state index in [9.17, 15) is 0 Å². The van der Waals surface area contributed by atoms with E-state index in [1.165, 1.54) is 42.1 Å². The number of nitrogens with one attached hydrogen (secondary N) is 1. The van der Waals surface area contributed by atoms with Crippen molar-refractivity contribution in [1.82, 2.24) is 10.2 Å². The lowest BCUT2D eigenvalue weighted by molar-refractivity contribution is 0.286. The third kappa shape index (κ3) is 5.47. The standard InChI is InChI=1S/C17H28N2S/c1-15(2)18-9-8-16-6-3-4-7-17(16)14-19-10-5-12-20-13-11-19/h3-4,6-7,15,18H,5,8-14H2,1-2H3. The lowest BCUT2D eigenvalue weighted by Crippen LogP contribution is -2.27. The number of hydrogen-bond acceptors (Lipinski definition) is 3. The predicted octanol–water partition coefficient (Wildman–Crippen LogP) is 3.17. The maximum Gasteiger partial charge on any atom is 0.0236 e. The zero-order chi connectivity index (χ0) is 14.2. The molecule has 1 fully saturated rings. The lowest BCUT2D eigenvalue weighted by Gasteiger charge is -2.21. The molecule has 20 heavy (non-hydrogen) atoms. The van der Waals surface area contributed by atoms with E-state index in [2.05, 4.69) is 60.1 Å². The second-order valence-corrected chi connectivity index (χ2v) is 7.09. The van der Waals surface area contributed by atoms with Crippen molar-refractivity contribution in [2.24, 2.45) is 0 Å². The minimum atomic E-state index is 0.574. The van der Waals surface area contributed by atoms with Gasteiger partial charge in [0.1, 0.15) is 0 Å². The summed E-state index contributed by atoms with van der Waals surface area (Å²) in [5.74, 6) is 2.62. The van der Waals surface area contributed by atoms with Crippen LogP contribution in [0.4, 0.5) is 0 Å². The molecular formula is C17H28N2S. The smallest absolute Gasteiger partial charge is 0.0236 e. The Morgan fingerprint density at radius 1 is 1.15 bits per heavy atom. The summed E-state index contributed by atoms with van der Waals surface area (Å²) in [5.41, 5.74) is 3.03. The van der Waals surface area contributed by atoms with Crippen LogP contribution in [0, 0.1) is 0 Å². The van der Waals surface area contributed by atoms with Gasteiger partial charge in [0.2, 0.25) is 0 Å². The van der Waals surface area contributed by atoms with Crippen molar-refractivity contribution >= 4 is 11.8 Å². The molecule has 1 aliphatic heterocycles. The van der Waals surface area contributed by atoms with Crippen molar-refractivity contribution in [2.75, 3.05) is 31.1 Å². The summed E-state index contributed by atoms with van der Waals surface area (Å²) in [6, 6.07) is 9.53. The van der Waals surface area contributed by atoms with Crippen LogP contribution in [0.1, 0.15) is 31.4 Å². The topological polar surface area (TPSA) is 15.3 Å². The van der Waals surface area contributed by atoms with Crippen LogP contribution in [-0.2, 0) is 13.0 Å². The molecule has 0 spiro atoms. The Kier molecular flexibility index (Phi) is 6.91. The van der Waals surface area contributed by atoms with Gasteiger partial charge in [0.25, 0.3) is 0 Å². The first-order valence-electron chi connectivity index (χ1n) is 7.86. The largest absolute Gasteiger partial charge is 0.314 e. The van der Waals surface area contributed by atoms with Crippen LogP contribution in [0.25, 0.3) is 0 Å². The van der Waals surface area contributed by atoms with Gasteiger partial charge in [-0.1, -0.05) is 38.1 Å². The molecule has 112 valence electrons. The van der Waals surface area contributed by atoms with E-state index in [0.29, 0.717) is 6.04 Å². The first-order chi connectivity index (χ1) is 9.75. The molecule has 1 N–H and O–H groups in total. The number of nitrogens with zero attached hydrogens (tertiary/aromatic N) is 1. The highest BCUT2D eigenvalue weighted by Crippen LogP contribution is 2.16. The second-order valence-electron chi connectivity index (χ2n) is 5.87. The molecule has 1 aliphatic rings. The van der Waals surface area contributed by atoms with Crippen LogP contribution >= 0.6 is 11.8 Å². The quantitative estimate of drug-likeness (QED) is 0.867. The first kappa shape index (κ1) is 15.9. The van der Waals surface area contributed by atoms with E-state index in [0.717, 1.165) is 19.5 Å². The van der Waals surface area contributed by atoms with Crippen LogP contribution in [-0.4, -0.2) is 42.1 Å². The van der Waals surface area contributed by atoms with Crippen molar-refractivity contribution in [2.45, 2.75) is 39.3 Å². The maximum atomic E-state index is 3.52. The van der Waals surface area contributed by atoms with Gasteiger partial charge in [-0.3, -0.25) is 4.90 Å². The molecule has 0 aromatic heterocycles. The van der Waals surface area contributed by atoms with Gasteiger partial charge in [-0.05, 0) is 42.8 Å². The molecule has 0 saturated carbocycles. The zero-order valence-corrected chi connectivity index (χ0v) is 13.7. The van der Waals surface area contributed by atoms with Crippen molar-refractivity contribution < 1.29 is 0 Å². The molecule has 1 aromatic rings. The van der Waals surface area contributed by atoms with Gasteiger partial charge in [-0.2, -0.15) is 11.8 Å². The first-order valence-corrected chi connectivity index (χ1v) is 9.01. The Hall–Kier alpha value is -0.510. The fourth-order valence-electron chi connectivity index (χ4n) is 2.65. The van der Waals surface area contributed by atoms with Gasteiger partial charge in [0, 0.05) is 24.9 Å². The molecule has 0 bridgehead atoms. The minimum Gasteiger partial charge on any atom is -0.314 e. The molecule has 0 radical (unpaired) electrons. The highest BCUT2D eigenvalue weighted by molar-refractivity contribution is 7.99. The maximum absolute atomic E-state index is 3.52. The van der Waals surface area contributed by atoms with E-state index < -0.39 is 0 Å². The van der Waals surface area contributed by atoms with Crippen molar-refractivity contribution in [3.63, 3.8) is 0 Å². The fourth-order valence-corrected chi connectivity index (χ4v) is 3.57.